The van der Waals surface area contributed by atoms with Crippen LogP contribution in [0.15, 0.2) is 40.8 Å². The first-order valence-electron chi connectivity index (χ1n) is 10.9. The summed E-state index contributed by atoms with van der Waals surface area (Å²) in [4.78, 5) is 29.2. The summed E-state index contributed by atoms with van der Waals surface area (Å²) in [5.74, 6) is 0.889. The van der Waals surface area contributed by atoms with E-state index in [2.05, 4.69) is 0 Å². The summed E-state index contributed by atoms with van der Waals surface area (Å²) >= 11 is 0. The molecule has 3 rings (SSSR count). The van der Waals surface area contributed by atoms with Gasteiger partial charge in [-0.05, 0) is 56.0 Å². The van der Waals surface area contributed by atoms with Gasteiger partial charge in [0, 0.05) is 26.1 Å². The highest BCUT2D eigenvalue weighted by Crippen LogP contribution is 2.17. The number of hydrogen-bond acceptors (Lipinski definition) is 4. The largest absolute Gasteiger partial charge is 0.464 e. The van der Waals surface area contributed by atoms with Crippen molar-refractivity contribution in [2.45, 2.75) is 58.7 Å². The van der Waals surface area contributed by atoms with Gasteiger partial charge in [0.2, 0.25) is 11.8 Å². The summed E-state index contributed by atoms with van der Waals surface area (Å²) < 4.78 is 24.7. The van der Waals surface area contributed by atoms with Crippen LogP contribution in [0, 0.1) is 12.7 Å². The van der Waals surface area contributed by atoms with Crippen LogP contribution in [0.25, 0.3) is 0 Å². The number of carbonyl (C=O) groups is 2. The summed E-state index contributed by atoms with van der Waals surface area (Å²) in [6.45, 7) is 5.48. The predicted molar refractivity (Wildman–Crippen MR) is 115 cm³/mol. The lowest BCUT2D eigenvalue weighted by atomic mass is 10.2. The van der Waals surface area contributed by atoms with Crippen molar-refractivity contribution in [3.05, 3.63) is 59.3 Å². The minimum absolute atomic E-state index is 0.0143. The van der Waals surface area contributed by atoms with Gasteiger partial charge in [-0.2, -0.15) is 0 Å². The van der Waals surface area contributed by atoms with Crippen molar-refractivity contribution in [3.63, 3.8) is 0 Å². The Bertz CT molecular complexity index is 859. The fourth-order valence-electron chi connectivity index (χ4n) is 3.72. The van der Waals surface area contributed by atoms with Gasteiger partial charge in [-0.3, -0.25) is 9.59 Å². The fraction of sp³-hybridized carbons (Fsp3) is 0.500. The number of furan rings is 1. The molecule has 0 bridgehead atoms. The van der Waals surface area contributed by atoms with E-state index in [0.717, 1.165) is 30.6 Å². The van der Waals surface area contributed by atoms with E-state index < -0.39 is 0 Å². The number of amides is 2. The van der Waals surface area contributed by atoms with Crippen molar-refractivity contribution in [1.82, 2.24) is 9.80 Å². The van der Waals surface area contributed by atoms with Gasteiger partial charge in [0.05, 0.1) is 19.2 Å². The van der Waals surface area contributed by atoms with Gasteiger partial charge in [-0.1, -0.05) is 19.1 Å². The third-order valence-electron chi connectivity index (χ3n) is 5.37. The average molecular weight is 431 g/mol. The highest BCUT2D eigenvalue weighted by molar-refractivity contribution is 5.84. The van der Waals surface area contributed by atoms with Crippen molar-refractivity contribution >= 4 is 11.8 Å². The molecule has 1 aliphatic rings. The fourth-order valence-corrected chi connectivity index (χ4v) is 3.72. The zero-order valence-electron chi connectivity index (χ0n) is 18.3. The standard InChI is InChI=1S/C24H31FN2O4/c1-3-5-23(28)27(15-21-6-4-13-30-21)17-24(29)26(16-22-12-7-18(2)31-22)14-19-8-10-20(25)11-9-19/h7-12,21H,3-6,13-17H2,1-2H3. The van der Waals surface area contributed by atoms with Crippen LogP contribution >= 0.6 is 0 Å². The minimum Gasteiger partial charge on any atom is -0.464 e. The first-order chi connectivity index (χ1) is 14.9. The van der Waals surface area contributed by atoms with Crippen molar-refractivity contribution < 1.29 is 23.1 Å². The Morgan fingerprint density at radius 3 is 2.45 bits per heavy atom. The summed E-state index contributed by atoms with van der Waals surface area (Å²) in [5, 5.41) is 0. The van der Waals surface area contributed by atoms with Gasteiger partial charge < -0.3 is 19.0 Å². The molecule has 1 atom stereocenters. The highest BCUT2D eigenvalue weighted by Gasteiger charge is 2.26. The molecule has 1 aromatic carbocycles. The number of hydrogen-bond donors (Lipinski definition) is 0. The Kier molecular flexibility index (Phi) is 8.23. The first kappa shape index (κ1) is 23.0. The summed E-state index contributed by atoms with van der Waals surface area (Å²) in [7, 11) is 0. The molecule has 7 heteroatoms. The average Bonchev–Trinajstić information content (AvgIpc) is 3.40. The van der Waals surface area contributed by atoms with Gasteiger partial charge in [0.1, 0.15) is 17.3 Å². The molecular weight excluding hydrogens is 399 g/mol. The van der Waals surface area contributed by atoms with Gasteiger partial charge in [-0.15, -0.1) is 0 Å². The van der Waals surface area contributed by atoms with Gasteiger partial charge >= 0.3 is 0 Å². The Morgan fingerprint density at radius 2 is 1.84 bits per heavy atom. The zero-order chi connectivity index (χ0) is 22.2. The van der Waals surface area contributed by atoms with Crippen molar-refractivity contribution in [3.8, 4) is 0 Å². The van der Waals surface area contributed by atoms with Gasteiger partial charge in [0.15, 0.2) is 0 Å². The molecule has 0 saturated carbocycles. The molecule has 1 fully saturated rings. The molecule has 2 amide bonds. The van der Waals surface area contributed by atoms with E-state index in [-0.39, 0.29) is 36.8 Å². The molecule has 2 aromatic rings. The molecule has 1 saturated heterocycles. The molecule has 168 valence electrons. The maximum atomic E-state index is 13.3. The number of halogens is 1. The Balaban J connectivity index is 1.74. The first-order valence-corrected chi connectivity index (χ1v) is 10.9. The minimum atomic E-state index is -0.323. The van der Waals surface area contributed by atoms with Crippen molar-refractivity contribution in [2.24, 2.45) is 0 Å². The molecule has 1 aromatic heterocycles. The number of rotatable bonds is 10. The lowest BCUT2D eigenvalue weighted by molar-refractivity contribution is -0.142. The lowest BCUT2D eigenvalue weighted by Crippen LogP contribution is -2.45. The van der Waals surface area contributed by atoms with E-state index in [1.807, 2.05) is 26.0 Å². The molecule has 6 nitrogen and oxygen atoms in total. The zero-order valence-corrected chi connectivity index (χ0v) is 18.3. The smallest absolute Gasteiger partial charge is 0.242 e. The van der Waals surface area contributed by atoms with Crippen LogP contribution in [-0.2, 0) is 27.4 Å². The number of benzene rings is 1. The predicted octanol–water partition coefficient (Wildman–Crippen LogP) is 4.06. The normalized spacial score (nSPS) is 15.8. The monoisotopic (exact) mass is 430 g/mol. The quantitative estimate of drug-likeness (QED) is 0.570. The Hall–Kier alpha value is -2.67. The SMILES string of the molecule is CCCC(=O)N(CC(=O)N(Cc1ccc(F)cc1)Cc1ccc(C)o1)CC1CCCO1. The second-order valence-electron chi connectivity index (χ2n) is 8.05. The molecular formula is C24H31FN2O4. The number of nitrogens with zero attached hydrogens (tertiary/aromatic N) is 2. The van der Waals surface area contributed by atoms with Crippen LogP contribution in [0.3, 0.4) is 0 Å². The molecule has 0 radical (unpaired) electrons. The van der Waals surface area contributed by atoms with E-state index in [4.69, 9.17) is 9.15 Å². The summed E-state index contributed by atoms with van der Waals surface area (Å²) in [5.41, 5.74) is 0.809. The van der Waals surface area contributed by atoms with Crippen molar-refractivity contribution in [2.75, 3.05) is 19.7 Å². The topological polar surface area (TPSA) is 63.0 Å². The Labute approximate surface area is 183 Å². The second kappa shape index (κ2) is 11.1. The van der Waals surface area contributed by atoms with E-state index in [0.29, 0.717) is 31.9 Å². The summed E-state index contributed by atoms with van der Waals surface area (Å²) in [6.07, 6.45) is 2.97. The third kappa shape index (κ3) is 6.92. The number of ether oxygens (including phenoxy) is 1. The molecule has 2 heterocycles. The van der Waals surface area contributed by atoms with Gasteiger partial charge in [-0.25, -0.2) is 4.39 Å². The molecule has 0 N–H and O–H groups in total. The van der Waals surface area contributed by atoms with E-state index in [1.54, 1.807) is 21.9 Å². The van der Waals surface area contributed by atoms with Crippen LogP contribution in [0.5, 0.6) is 0 Å². The van der Waals surface area contributed by atoms with Crippen LogP contribution < -0.4 is 0 Å². The Morgan fingerprint density at radius 1 is 1.06 bits per heavy atom. The second-order valence-corrected chi connectivity index (χ2v) is 8.05. The lowest BCUT2D eigenvalue weighted by Gasteiger charge is -2.29. The number of carbonyl (C=O) groups excluding carboxylic acids is 2. The highest BCUT2D eigenvalue weighted by atomic mass is 19.1. The van der Waals surface area contributed by atoms with Crippen LogP contribution in [0.1, 0.15) is 49.7 Å². The molecule has 31 heavy (non-hydrogen) atoms. The molecule has 1 unspecified atom stereocenters. The van der Waals surface area contributed by atoms with Crippen LogP contribution in [-0.4, -0.2) is 47.4 Å². The van der Waals surface area contributed by atoms with Crippen molar-refractivity contribution in [1.29, 1.82) is 0 Å². The molecule has 0 aliphatic carbocycles. The summed E-state index contributed by atoms with van der Waals surface area (Å²) in [6, 6.07) is 9.77. The molecule has 1 aliphatic heterocycles. The maximum Gasteiger partial charge on any atom is 0.242 e. The molecule has 0 spiro atoms. The third-order valence-corrected chi connectivity index (χ3v) is 5.37. The van der Waals surface area contributed by atoms with E-state index in [9.17, 15) is 14.0 Å². The van der Waals surface area contributed by atoms with E-state index >= 15 is 0 Å². The van der Waals surface area contributed by atoms with Gasteiger partial charge in [0.25, 0.3) is 0 Å². The maximum absolute atomic E-state index is 13.3. The number of aryl methyl sites for hydroxylation is 1. The van der Waals surface area contributed by atoms with Crippen LogP contribution in [0.4, 0.5) is 4.39 Å². The van der Waals surface area contributed by atoms with E-state index in [1.165, 1.54) is 12.1 Å². The van der Waals surface area contributed by atoms with Crippen LogP contribution in [0.2, 0.25) is 0 Å².